The van der Waals surface area contributed by atoms with Gasteiger partial charge in [0, 0.05) is 36.7 Å². The van der Waals surface area contributed by atoms with E-state index >= 15 is 0 Å². The van der Waals surface area contributed by atoms with E-state index in [-0.39, 0.29) is 36.1 Å². The van der Waals surface area contributed by atoms with E-state index < -0.39 is 12.1 Å². The topological polar surface area (TPSA) is 154 Å². The number of aryl methyl sites for hydroxylation is 1. The van der Waals surface area contributed by atoms with E-state index in [0.29, 0.717) is 36.1 Å². The van der Waals surface area contributed by atoms with Crippen LogP contribution in [0.1, 0.15) is 112 Å². The molecule has 0 saturated carbocycles. The van der Waals surface area contributed by atoms with Gasteiger partial charge >= 0.3 is 0 Å². The maximum Gasteiger partial charge on any atom is 0.161 e. The molecule has 0 radical (unpaired) electrons. The Morgan fingerprint density at radius 1 is 0.922 bits per heavy atom. The largest absolute Gasteiger partial charge is 0.875 e. The number of nitrogens with two attached hydrogens (primary N) is 2. The quantitative estimate of drug-likeness (QED) is 0.0384. The van der Waals surface area contributed by atoms with Crippen molar-refractivity contribution in [3.63, 3.8) is 0 Å². The summed E-state index contributed by atoms with van der Waals surface area (Å²) in [6, 6.07) is 18.0. The third kappa shape index (κ3) is 12.6. The fraction of sp³-hybridized carbons (Fsp3) is 0.395. The number of benzene rings is 3. The number of unbranched alkanes of at least 4 members (excludes halogenated alkanes) is 3. The molecule has 3 aromatic carbocycles. The van der Waals surface area contributed by atoms with Gasteiger partial charge < -0.3 is 31.5 Å². The van der Waals surface area contributed by atoms with Crippen molar-refractivity contribution < 1.29 is 24.9 Å². The molecular weight excluding hydrogens is 638 g/mol. The predicted molar refractivity (Wildman–Crippen MR) is 204 cm³/mol. The highest BCUT2D eigenvalue weighted by Crippen LogP contribution is 2.37. The second kappa shape index (κ2) is 20.3. The highest BCUT2D eigenvalue weighted by molar-refractivity contribution is 5.89. The van der Waals surface area contributed by atoms with E-state index in [1.807, 2.05) is 48.5 Å². The third-order valence-corrected chi connectivity index (χ3v) is 9.46. The lowest BCUT2D eigenvalue weighted by atomic mass is 9.85. The Bertz CT molecular complexity index is 1680. The van der Waals surface area contributed by atoms with Gasteiger partial charge in [0.2, 0.25) is 0 Å². The fourth-order valence-corrected chi connectivity index (χ4v) is 6.30. The number of phenols is 2. The Hall–Kier alpha value is -4.66. The first kappa shape index (κ1) is 39.1. The second-order valence-corrected chi connectivity index (χ2v) is 13.6. The molecule has 6 N–H and O–H groups in total. The van der Waals surface area contributed by atoms with Crippen molar-refractivity contribution in [3.8, 4) is 17.2 Å². The summed E-state index contributed by atoms with van der Waals surface area (Å²) in [6.07, 6.45) is 17.8. The maximum absolute atomic E-state index is 13.2. The fourth-order valence-electron chi connectivity index (χ4n) is 6.30. The van der Waals surface area contributed by atoms with E-state index in [1.165, 1.54) is 32.1 Å². The number of hydrogen-bond acceptors (Lipinski definition) is 8. The molecule has 4 rings (SSSR count). The molecule has 1 aliphatic rings. The lowest BCUT2D eigenvalue weighted by molar-refractivity contribution is -0.307. The Morgan fingerprint density at radius 2 is 1.63 bits per heavy atom. The predicted octanol–water partition coefficient (Wildman–Crippen LogP) is 7.81. The zero-order valence-corrected chi connectivity index (χ0v) is 30.1. The minimum Gasteiger partial charge on any atom is -0.875 e. The monoisotopic (exact) mass is 692 g/mol. The van der Waals surface area contributed by atoms with E-state index in [4.69, 9.17) is 16.2 Å². The second-order valence-electron chi connectivity index (χ2n) is 13.6. The van der Waals surface area contributed by atoms with E-state index in [9.17, 15) is 20.1 Å². The average Bonchev–Trinajstić information content (AvgIpc) is 3.67. The number of ketones is 1. The number of aliphatic imine (C=N–C) groups is 1. The average molecular weight is 693 g/mol. The highest BCUT2D eigenvalue weighted by atomic mass is 16.5. The molecule has 0 fully saturated rings. The van der Waals surface area contributed by atoms with Crippen LogP contribution in [0.4, 0.5) is 0 Å². The maximum atomic E-state index is 13.2. The summed E-state index contributed by atoms with van der Waals surface area (Å²) in [5.41, 5.74) is 16.2. The van der Waals surface area contributed by atoms with Crippen LogP contribution < -0.4 is 21.3 Å². The summed E-state index contributed by atoms with van der Waals surface area (Å²) in [5, 5.41) is 34.7. The molecule has 8 nitrogen and oxygen atoms in total. The first-order valence-electron chi connectivity index (χ1n) is 18.3. The molecule has 0 aliphatic carbocycles. The minimum absolute atomic E-state index is 0.0292. The van der Waals surface area contributed by atoms with Gasteiger partial charge in [0.05, 0.1) is 12.8 Å². The molecule has 272 valence electrons. The molecule has 2 atom stereocenters. The van der Waals surface area contributed by atoms with Gasteiger partial charge in [-0.3, -0.25) is 9.79 Å². The Kier molecular flexibility index (Phi) is 15.5. The number of allylic oxidation sites excluding steroid dienone is 5. The van der Waals surface area contributed by atoms with Crippen molar-refractivity contribution in [3.05, 3.63) is 124 Å². The first-order valence-corrected chi connectivity index (χ1v) is 18.3. The van der Waals surface area contributed by atoms with Crippen LogP contribution in [0, 0.1) is 5.92 Å². The molecule has 0 spiro atoms. The summed E-state index contributed by atoms with van der Waals surface area (Å²) in [6.45, 7) is 4.82. The van der Waals surface area contributed by atoms with Crippen molar-refractivity contribution in [2.24, 2.45) is 22.4 Å². The number of rotatable bonds is 21. The van der Waals surface area contributed by atoms with Crippen LogP contribution in [0.3, 0.4) is 0 Å². The zero-order valence-electron chi connectivity index (χ0n) is 30.1. The summed E-state index contributed by atoms with van der Waals surface area (Å²) in [5.74, 6) is 0.777. The zero-order chi connectivity index (χ0) is 36.6. The van der Waals surface area contributed by atoms with E-state index in [1.54, 1.807) is 42.8 Å². The van der Waals surface area contributed by atoms with Crippen LogP contribution in [0.15, 0.2) is 101 Å². The number of ether oxygens (including phenoxy) is 1. The van der Waals surface area contributed by atoms with Gasteiger partial charge in [0.15, 0.2) is 17.3 Å². The van der Waals surface area contributed by atoms with Crippen molar-refractivity contribution in [1.29, 1.82) is 0 Å². The summed E-state index contributed by atoms with van der Waals surface area (Å²) in [7, 11) is 0. The van der Waals surface area contributed by atoms with Gasteiger partial charge in [-0.05, 0) is 89.8 Å². The highest BCUT2D eigenvalue weighted by Gasteiger charge is 2.20. The normalized spacial score (nSPS) is 14.8. The molecule has 3 aromatic rings. The molecule has 0 saturated heterocycles. The van der Waals surface area contributed by atoms with Crippen LogP contribution in [0.25, 0.3) is 0 Å². The Morgan fingerprint density at radius 3 is 2.33 bits per heavy atom. The van der Waals surface area contributed by atoms with Crippen LogP contribution >= 0.6 is 0 Å². The number of hydrogen-bond donors (Lipinski definition) is 4. The van der Waals surface area contributed by atoms with Crippen LogP contribution in [-0.2, 0) is 17.6 Å². The van der Waals surface area contributed by atoms with Crippen LogP contribution in [0.5, 0.6) is 17.2 Å². The molecule has 1 heterocycles. The smallest absolute Gasteiger partial charge is 0.161 e. The van der Waals surface area contributed by atoms with Crippen molar-refractivity contribution in [2.75, 3.05) is 6.61 Å². The van der Waals surface area contributed by atoms with Gasteiger partial charge in [-0.15, -0.1) is 5.76 Å². The molecular formula is C43H54N3O5-. The summed E-state index contributed by atoms with van der Waals surface area (Å²) in [4.78, 5) is 16.5. The van der Waals surface area contributed by atoms with Gasteiger partial charge in [-0.25, -0.2) is 0 Å². The summed E-state index contributed by atoms with van der Waals surface area (Å²) >= 11 is 0. The van der Waals surface area contributed by atoms with Gasteiger partial charge in [-0.2, -0.15) is 0 Å². The Labute approximate surface area is 303 Å². The van der Waals surface area contributed by atoms with Gasteiger partial charge in [-0.1, -0.05) is 94.5 Å². The van der Waals surface area contributed by atoms with Crippen LogP contribution in [-0.4, -0.2) is 28.8 Å². The molecule has 0 amide bonds. The lowest BCUT2D eigenvalue weighted by Gasteiger charge is -2.25. The van der Waals surface area contributed by atoms with Crippen molar-refractivity contribution in [1.82, 2.24) is 0 Å². The number of carbonyl (C=O) groups is 1. The van der Waals surface area contributed by atoms with Gasteiger partial charge in [0.1, 0.15) is 5.75 Å². The Balaban J connectivity index is 1.34. The third-order valence-electron chi connectivity index (χ3n) is 9.46. The number of phenolic OH excluding ortho intramolecular Hbond substituents is 2. The number of carbonyl (C=O) groups excluding carboxylic acids is 1. The lowest BCUT2D eigenvalue weighted by Crippen LogP contribution is -2.20. The molecule has 0 aromatic heterocycles. The first-order chi connectivity index (χ1) is 24.6. The summed E-state index contributed by atoms with van der Waals surface area (Å²) < 4.78 is 6.00. The SMILES string of the molecule is CCCCC[C@H](C)CCC/C=C/C(=O)CCc1ccc(O)c(OCCc2ccc(O)c([C@H](CC([O-])=C3C=CN=C3)c3ccc(C(N)N)cc3)c2)c1. The van der Waals surface area contributed by atoms with Crippen molar-refractivity contribution in [2.45, 2.75) is 96.6 Å². The molecule has 1 aliphatic heterocycles. The molecule has 8 heteroatoms. The number of aromatic hydroxyl groups is 2. The minimum atomic E-state index is -0.621. The van der Waals surface area contributed by atoms with E-state index in [2.05, 4.69) is 18.8 Å². The molecule has 0 bridgehead atoms. The molecule has 0 unspecified atom stereocenters. The van der Waals surface area contributed by atoms with Crippen LogP contribution in [0.2, 0.25) is 0 Å². The van der Waals surface area contributed by atoms with Crippen molar-refractivity contribution >= 4 is 12.0 Å². The van der Waals surface area contributed by atoms with E-state index in [0.717, 1.165) is 41.0 Å². The standard InChI is InChI=1S/C43H55N3O5/c1-3-4-6-9-30(2)10-7-5-8-11-36(47)19-12-31-14-21-40(49)42(27-31)51-25-23-32-13-20-39(48)38(26-32)37(28-41(50)35-22-24-46-29-35)33-15-17-34(18-16-33)43(44)45/h8,11,13-18,20-22,24,26-27,29-30,37,43,48-50H,3-7,9-10,12,19,23,25,28,44-45H2,1-2H3/p-1/b11-8+,41-35?/t30-,37+/m0/s1. The van der Waals surface area contributed by atoms with Gasteiger partial charge in [0.25, 0.3) is 0 Å². The number of nitrogens with zero attached hydrogens (tertiary/aromatic N) is 1. The molecule has 51 heavy (non-hydrogen) atoms.